The Labute approximate surface area is 185 Å². The Balaban J connectivity index is 1.90. The van der Waals surface area contributed by atoms with Gasteiger partial charge in [0.15, 0.2) is 0 Å². The summed E-state index contributed by atoms with van der Waals surface area (Å²) in [6.07, 6.45) is 3.39. The summed E-state index contributed by atoms with van der Waals surface area (Å²) in [5, 5.41) is 0. The second kappa shape index (κ2) is 9.66. The minimum absolute atomic E-state index is 0.0143. The van der Waals surface area contributed by atoms with Crippen LogP contribution in [0.2, 0.25) is 0 Å². The molecule has 0 aromatic heterocycles. The Bertz CT molecular complexity index is 879. The van der Waals surface area contributed by atoms with Gasteiger partial charge in [0.05, 0.1) is 6.04 Å². The average Bonchev–Trinajstić information content (AvgIpc) is 2.73. The van der Waals surface area contributed by atoms with Crippen LogP contribution in [0.1, 0.15) is 30.4 Å². The minimum Gasteiger partial charge on any atom is -0.444 e. The van der Waals surface area contributed by atoms with Crippen LogP contribution in [0.15, 0.2) is 66.7 Å². The van der Waals surface area contributed by atoms with Crippen molar-refractivity contribution in [3.63, 3.8) is 0 Å². The third-order valence-electron chi connectivity index (χ3n) is 4.69. The van der Waals surface area contributed by atoms with E-state index in [2.05, 4.69) is 0 Å². The molecular weight excluding hydrogens is 433 g/mol. The van der Waals surface area contributed by atoms with Gasteiger partial charge in [-0.3, -0.25) is 4.79 Å². The van der Waals surface area contributed by atoms with Gasteiger partial charge in [0.2, 0.25) is 0 Å². The second-order valence-electron chi connectivity index (χ2n) is 6.69. The number of imide groups is 1. The number of halogens is 3. The lowest BCUT2D eigenvalue weighted by Crippen LogP contribution is -2.50. The van der Waals surface area contributed by atoms with Crippen LogP contribution in [0.3, 0.4) is 0 Å². The van der Waals surface area contributed by atoms with Gasteiger partial charge in [0.25, 0.3) is 9.70 Å². The van der Waals surface area contributed by atoms with Gasteiger partial charge in [0.1, 0.15) is 6.61 Å². The highest BCUT2D eigenvalue weighted by molar-refractivity contribution is 6.76. The highest BCUT2D eigenvalue weighted by Crippen LogP contribution is 2.36. The van der Waals surface area contributed by atoms with Crippen molar-refractivity contribution < 1.29 is 14.3 Å². The number of carbonyl (C=O) groups excluding carboxylic acids is 2. The number of hydrogen-bond donors (Lipinski definition) is 0. The van der Waals surface area contributed by atoms with E-state index in [0.29, 0.717) is 6.42 Å². The van der Waals surface area contributed by atoms with Gasteiger partial charge in [-0.2, -0.15) is 0 Å². The lowest BCUT2D eigenvalue weighted by molar-refractivity contribution is -0.129. The van der Waals surface area contributed by atoms with Crippen molar-refractivity contribution in [3.05, 3.63) is 77.9 Å². The van der Waals surface area contributed by atoms with Crippen LogP contribution >= 0.6 is 34.8 Å². The van der Waals surface area contributed by atoms with E-state index in [1.54, 1.807) is 0 Å². The number of benzene rings is 2. The third kappa shape index (κ3) is 5.53. The highest BCUT2D eigenvalue weighted by atomic mass is 35.6. The molecule has 0 fully saturated rings. The van der Waals surface area contributed by atoms with E-state index < -0.39 is 21.8 Å². The summed E-state index contributed by atoms with van der Waals surface area (Å²) in [5.41, 5.74) is 2.55. The summed E-state index contributed by atoms with van der Waals surface area (Å²) >= 11 is 17.6. The molecule has 0 aliphatic heterocycles. The molecule has 2 aromatic carbocycles. The maximum atomic E-state index is 13.0. The van der Waals surface area contributed by atoms with Crippen molar-refractivity contribution in [2.24, 2.45) is 0 Å². The molecule has 1 aliphatic carbocycles. The monoisotopic (exact) mass is 451 g/mol. The smallest absolute Gasteiger partial charge is 0.417 e. The van der Waals surface area contributed by atoms with Crippen LogP contribution in [-0.4, -0.2) is 26.7 Å². The van der Waals surface area contributed by atoms with Gasteiger partial charge in [-0.1, -0.05) is 102 Å². The molecule has 7 heteroatoms. The van der Waals surface area contributed by atoms with Gasteiger partial charge < -0.3 is 4.74 Å². The molecule has 0 spiro atoms. The first-order chi connectivity index (χ1) is 13.9. The quantitative estimate of drug-likeness (QED) is 0.522. The first-order valence-electron chi connectivity index (χ1n) is 9.24. The van der Waals surface area contributed by atoms with Crippen LogP contribution in [0, 0.1) is 0 Å². The zero-order chi connectivity index (χ0) is 20.9. The number of nitrogens with zero attached hydrogens (tertiary/aromatic N) is 1. The number of alkyl halides is 3. The standard InChI is InChI=1S/C22H20Cl3NO3/c23-22(24,25)20(27)26(21(28)29-15-16-9-3-1-4-10-16)19-14-8-7-13-18(19)17-11-5-2-6-12-17/h1-6,9-13,19H,7-8,14-15H2. The predicted molar refractivity (Wildman–Crippen MR) is 116 cm³/mol. The van der Waals surface area contributed by atoms with Gasteiger partial charge >= 0.3 is 6.09 Å². The van der Waals surface area contributed by atoms with Crippen molar-refractivity contribution in [2.75, 3.05) is 0 Å². The topological polar surface area (TPSA) is 46.6 Å². The molecule has 2 amide bonds. The van der Waals surface area contributed by atoms with Gasteiger partial charge in [-0.25, -0.2) is 9.69 Å². The molecular formula is C22H20Cl3NO3. The number of allylic oxidation sites excluding steroid dienone is 1. The molecule has 29 heavy (non-hydrogen) atoms. The van der Waals surface area contributed by atoms with E-state index >= 15 is 0 Å². The normalized spacial score (nSPS) is 16.7. The van der Waals surface area contributed by atoms with Crippen molar-refractivity contribution in [2.45, 2.75) is 35.7 Å². The molecule has 0 saturated carbocycles. The summed E-state index contributed by atoms with van der Waals surface area (Å²) in [7, 11) is 0. The number of ether oxygens (including phenoxy) is 1. The summed E-state index contributed by atoms with van der Waals surface area (Å²) < 4.78 is 3.13. The van der Waals surface area contributed by atoms with Crippen LogP contribution in [0.5, 0.6) is 0 Å². The van der Waals surface area contributed by atoms with Crippen LogP contribution in [0.25, 0.3) is 5.57 Å². The van der Waals surface area contributed by atoms with Crippen LogP contribution < -0.4 is 0 Å². The Morgan fingerprint density at radius 2 is 1.62 bits per heavy atom. The van der Waals surface area contributed by atoms with Crippen LogP contribution in [-0.2, 0) is 16.1 Å². The predicted octanol–water partition coefficient (Wildman–Crippen LogP) is 6.16. The van der Waals surface area contributed by atoms with Crippen LogP contribution in [0.4, 0.5) is 4.79 Å². The number of rotatable bonds is 4. The molecule has 2 aromatic rings. The van der Waals surface area contributed by atoms with Crippen molar-refractivity contribution in [3.8, 4) is 0 Å². The SMILES string of the molecule is O=C(OCc1ccccc1)N(C(=O)C(Cl)(Cl)Cl)C1CCCC=C1c1ccccc1. The number of amides is 2. The van der Waals surface area contributed by atoms with Gasteiger partial charge in [-0.15, -0.1) is 0 Å². The zero-order valence-corrected chi connectivity index (χ0v) is 17.8. The summed E-state index contributed by atoms with van der Waals surface area (Å²) in [6, 6.07) is 18.2. The maximum absolute atomic E-state index is 13.0. The lowest BCUT2D eigenvalue weighted by Gasteiger charge is -2.35. The van der Waals surface area contributed by atoms with E-state index in [0.717, 1.165) is 34.4 Å². The molecule has 0 heterocycles. The van der Waals surface area contributed by atoms with Gasteiger partial charge in [-0.05, 0) is 36.0 Å². The third-order valence-corrected chi connectivity index (χ3v) is 5.17. The molecule has 0 saturated heterocycles. The largest absolute Gasteiger partial charge is 0.444 e. The molecule has 0 bridgehead atoms. The number of carbonyl (C=O) groups is 2. The minimum atomic E-state index is -2.27. The fourth-order valence-electron chi connectivity index (χ4n) is 3.35. The molecule has 0 radical (unpaired) electrons. The summed E-state index contributed by atoms with van der Waals surface area (Å²) in [6.45, 7) is 0.0143. The highest BCUT2D eigenvalue weighted by Gasteiger charge is 2.44. The zero-order valence-electron chi connectivity index (χ0n) is 15.6. The molecule has 152 valence electrons. The lowest BCUT2D eigenvalue weighted by atomic mass is 9.88. The Morgan fingerprint density at radius 3 is 2.24 bits per heavy atom. The average molecular weight is 453 g/mol. The first kappa shape index (κ1) is 21.7. The van der Waals surface area contributed by atoms with Crippen molar-refractivity contribution >= 4 is 52.4 Å². The maximum Gasteiger partial charge on any atom is 0.417 e. The Hall–Kier alpha value is -2.01. The first-order valence-corrected chi connectivity index (χ1v) is 10.4. The molecule has 1 aliphatic rings. The summed E-state index contributed by atoms with van der Waals surface area (Å²) in [5.74, 6) is -0.922. The van der Waals surface area contributed by atoms with E-state index in [9.17, 15) is 9.59 Å². The molecule has 4 nitrogen and oxygen atoms in total. The van der Waals surface area contributed by atoms with E-state index in [1.165, 1.54) is 0 Å². The molecule has 1 atom stereocenters. The molecule has 1 unspecified atom stereocenters. The van der Waals surface area contributed by atoms with E-state index in [4.69, 9.17) is 39.5 Å². The number of hydrogen-bond acceptors (Lipinski definition) is 3. The fourth-order valence-corrected chi connectivity index (χ4v) is 3.62. The van der Waals surface area contributed by atoms with Gasteiger partial charge in [0, 0.05) is 0 Å². The summed E-state index contributed by atoms with van der Waals surface area (Å²) in [4.78, 5) is 26.8. The Morgan fingerprint density at radius 1 is 1.00 bits per heavy atom. The Kier molecular flexibility index (Phi) is 7.23. The van der Waals surface area contributed by atoms with Crippen molar-refractivity contribution in [1.82, 2.24) is 4.90 Å². The van der Waals surface area contributed by atoms with Crippen molar-refractivity contribution in [1.29, 1.82) is 0 Å². The van der Waals surface area contributed by atoms with E-state index in [-0.39, 0.29) is 6.61 Å². The van der Waals surface area contributed by atoms with E-state index in [1.807, 2.05) is 66.7 Å². The second-order valence-corrected chi connectivity index (χ2v) is 8.97. The molecule has 3 rings (SSSR count). The fraction of sp³-hybridized carbons (Fsp3) is 0.273. The molecule has 0 N–H and O–H groups in total.